The van der Waals surface area contributed by atoms with Gasteiger partial charge in [-0.05, 0) is 30.5 Å². The van der Waals surface area contributed by atoms with Crippen LogP contribution in [0, 0.1) is 0 Å². The lowest BCUT2D eigenvalue weighted by atomic mass is 10.00. The number of halogens is 2. The van der Waals surface area contributed by atoms with Gasteiger partial charge in [0, 0.05) is 6.61 Å². The molecule has 3 N–H and O–H groups in total. The lowest BCUT2D eigenvalue weighted by Gasteiger charge is -2.22. The summed E-state index contributed by atoms with van der Waals surface area (Å²) in [5, 5.41) is 1.09. The molecule has 2 unspecified atom stereocenters. The second kappa shape index (κ2) is 5.34. The molecule has 0 amide bonds. The zero-order valence-corrected chi connectivity index (χ0v) is 10.3. The Kier molecular flexibility index (Phi) is 4.05. The Balaban J connectivity index is 2.22. The maximum atomic E-state index is 5.98. The Labute approximate surface area is 105 Å². The number of nitrogens with one attached hydrogen (secondary N) is 1. The second-order valence-electron chi connectivity index (χ2n) is 3.87. The smallest absolute Gasteiger partial charge is 0.0783 e. The van der Waals surface area contributed by atoms with Crippen LogP contribution in [-0.2, 0) is 4.74 Å². The molecule has 0 radical (unpaired) electrons. The van der Waals surface area contributed by atoms with Crippen LogP contribution < -0.4 is 11.3 Å². The summed E-state index contributed by atoms with van der Waals surface area (Å²) < 4.78 is 5.61. The molecular weight excluding hydrogens is 247 g/mol. The van der Waals surface area contributed by atoms with Gasteiger partial charge in [0.1, 0.15) is 0 Å². The van der Waals surface area contributed by atoms with Crippen LogP contribution in [-0.4, -0.2) is 12.7 Å². The van der Waals surface area contributed by atoms with Crippen LogP contribution >= 0.6 is 23.2 Å². The Morgan fingerprint density at radius 3 is 2.75 bits per heavy atom. The topological polar surface area (TPSA) is 47.3 Å². The van der Waals surface area contributed by atoms with Crippen LogP contribution in [0.2, 0.25) is 10.0 Å². The fraction of sp³-hybridized carbons (Fsp3) is 0.455. The summed E-state index contributed by atoms with van der Waals surface area (Å²) in [5.74, 6) is 5.57. The molecule has 2 atom stereocenters. The third-order valence-electron chi connectivity index (χ3n) is 2.82. The molecule has 0 aliphatic carbocycles. The molecule has 0 bridgehead atoms. The van der Waals surface area contributed by atoms with Gasteiger partial charge in [-0.1, -0.05) is 29.3 Å². The molecule has 1 saturated heterocycles. The number of nitrogens with two attached hydrogens (primary N) is 1. The van der Waals surface area contributed by atoms with Gasteiger partial charge in [0.05, 0.1) is 22.2 Å². The molecule has 88 valence electrons. The summed E-state index contributed by atoms with van der Waals surface area (Å²) in [7, 11) is 0. The third-order valence-corrected chi connectivity index (χ3v) is 3.56. The quantitative estimate of drug-likeness (QED) is 0.649. The van der Waals surface area contributed by atoms with Gasteiger partial charge in [-0.2, -0.15) is 0 Å². The Bertz CT molecular complexity index is 367. The fourth-order valence-corrected chi connectivity index (χ4v) is 2.30. The zero-order valence-electron chi connectivity index (χ0n) is 8.75. The molecule has 2 rings (SSSR count). The van der Waals surface area contributed by atoms with E-state index in [1.807, 2.05) is 12.1 Å². The van der Waals surface area contributed by atoms with Gasteiger partial charge in [0.2, 0.25) is 0 Å². The lowest BCUT2D eigenvalue weighted by molar-refractivity contribution is 0.0783. The first-order chi connectivity index (χ1) is 7.72. The van der Waals surface area contributed by atoms with Crippen LogP contribution in [0.5, 0.6) is 0 Å². The minimum Gasteiger partial charge on any atom is -0.376 e. The molecule has 16 heavy (non-hydrogen) atoms. The number of hydrogen-bond donors (Lipinski definition) is 2. The van der Waals surface area contributed by atoms with Crippen molar-refractivity contribution >= 4 is 23.2 Å². The van der Waals surface area contributed by atoms with E-state index >= 15 is 0 Å². The first kappa shape index (κ1) is 12.1. The highest BCUT2D eigenvalue weighted by atomic mass is 35.5. The van der Waals surface area contributed by atoms with E-state index in [2.05, 4.69) is 5.43 Å². The predicted molar refractivity (Wildman–Crippen MR) is 65.5 cm³/mol. The maximum Gasteiger partial charge on any atom is 0.0783 e. The average molecular weight is 261 g/mol. The van der Waals surface area contributed by atoms with Gasteiger partial charge in [0.25, 0.3) is 0 Å². The van der Waals surface area contributed by atoms with E-state index in [1.165, 1.54) is 0 Å². The van der Waals surface area contributed by atoms with Crippen molar-refractivity contribution in [2.45, 2.75) is 25.0 Å². The van der Waals surface area contributed by atoms with Crippen molar-refractivity contribution in [1.29, 1.82) is 0 Å². The Morgan fingerprint density at radius 2 is 2.19 bits per heavy atom. The van der Waals surface area contributed by atoms with Gasteiger partial charge in [0.15, 0.2) is 0 Å². The maximum absolute atomic E-state index is 5.98. The highest BCUT2D eigenvalue weighted by Gasteiger charge is 2.26. The van der Waals surface area contributed by atoms with Crippen molar-refractivity contribution in [3.63, 3.8) is 0 Å². The van der Waals surface area contributed by atoms with Gasteiger partial charge in [-0.3, -0.25) is 11.3 Å². The fourth-order valence-electron chi connectivity index (χ4n) is 1.99. The molecule has 0 aromatic heterocycles. The molecule has 1 aliphatic rings. The number of rotatable bonds is 3. The van der Waals surface area contributed by atoms with Crippen LogP contribution in [0.15, 0.2) is 18.2 Å². The van der Waals surface area contributed by atoms with Crippen LogP contribution in [0.1, 0.15) is 24.4 Å². The van der Waals surface area contributed by atoms with E-state index in [0.717, 1.165) is 25.0 Å². The Hall–Kier alpha value is -0.320. The predicted octanol–water partition coefficient (Wildman–Crippen LogP) is 2.68. The molecule has 5 heteroatoms. The van der Waals surface area contributed by atoms with Gasteiger partial charge in [-0.25, -0.2) is 0 Å². The number of hydrazine groups is 1. The zero-order chi connectivity index (χ0) is 11.5. The number of hydrogen-bond acceptors (Lipinski definition) is 3. The Morgan fingerprint density at radius 1 is 1.38 bits per heavy atom. The normalized spacial score (nSPS) is 22.3. The van der Waals surface area contributed by atoms with E-state index in [9.17, 15) is 0 Å². The van der Waals surface area contributed by atoms with Crippen molar-refractivity contribution in [2.24, 2.45) is 5.84 Å². The monoisotopic (exact) mass is 260 g/mol. The van der Waals surface area contributed by atoms with Gasteiger partial charge >= 0.3 is 0 Å². The van der Waals surface area contributed by atoms with Gasteiger partial charge < -0.3 is 4.74 Å². The summed E-state index contributed by atoms with van der Waals surface area (Å²) in [6.07, 6.45) is 2.20. The van der Waals surface area contributed by atoms with E-state index in [-0.39, 0.29) is 12.1 Å². The summed E-state index contributed by atoms with van der Waals surface area (Å²) in [5.41, 5.74) is 3.78. The minimum atomic E-state index is -0.0303. The molecule has 1 fully saturated rings. The van der Waals surface area contributed by atoms with Crippen LogP contribution in [0.25, 0.3) is 0 Å². The highest BCUT2D eigenvalue weighted by molar-refractivity contribution is 6.42. The lowest BCUT2D eigenvalue weighted by Crippen LogP contribution is -2.36. The highest BCUT2D eigenvalue weighted by Crippen LogP contribution is 2.30. The van der Waals surface area contributed by atoms with E-state index in [1.54, 1.807) is 6.07 Å². The number of ether oxygens (including phenoxy) is 1. The van der Waals surface area contributed by atoms with Crippen molar-refractivity contribution < 1.29 is 4.74 Å². The molecule has 1 aliphatic heterocycles. The average Bonchev–Trinajstić information content (AvgIpc) is 2.78. The molecule has 1 heterocycles. The number of benzene rings is 1. The van der Waals surface area contributed by atoms with E-state index in [4.69, 9.17) is 33.8 Å². The van der Waals surface area contributed by atoms with Crippen LogP contribution in [0.4, 0.5) is 0 Å². The minimum absolute atomic E-state index is 0.0303. The van der Waals surface area contributed by atoms with Crippen LogP contribution in [0.3, 0.4) is 0 Å². The van der Waals surface area contributed by atoms with Gasteiger partial charge in [-0.15, -0.1) is 0 Å². The van der Waals surface area contributed by atoms with E-state index in [0.29, 0.717) is 10.0 Å². The molecule has 0 saturated carbocycles. The standard InChI is InChI=1S/C11H14Cl2N2O/c12-8-4-3-7(6-9(8)13)11(15-14)10-2-1-5-16-10/h3-4,6,10-11,15H,1-2,5,14H2. The third kappa shape index (κ3) is 2.50. The summed E-state index contributed by atoms with van der Waals surface area (Å²) in [6, 6.07) is 5.49. The van der Waals surface area contributed by atoms with Crippen molar-refractivity contribution in [2.75, 3.05) is 6.61 Å². The van der Waals surface area contributed by atoms with Crippen molar-refractivity contribution in [3.05, 3.63) is 33.8 Å². The molecule has 0 spiro atoms. The van der Waals surface area contributed by atoms with Crippen molar-refractivity contribution in [1.82, 2.24) is 5.43 Å². The largest absolute Gasteiger partial charge is 0.376 e. The molecular formula is C11H14Cl2N2O. The second-order valence-corrected chi connectivity index (χ2v) is 4.68. The van der Waals surface area contributed by atoms with E-state index < -0.39 is 0 Å². The summed E-state index contributed by atoms with van der Waals surface area (Å²) >= 11 is 11.9. The molecule has 1 aromatic rings. The first-order valence-electron chi connectivity index (χ1n) is 5.25. The molecule has 1 aromatic carbocycles. The summed E-state index contributed by atoms with van der Waals surface area (Å²) in [6.45, 7) is 0.796. The summed E-state index contributed by atoms with van der Waals surface area (Å²) in [4.78, 5) is 0. The SMILES string of the molecule is NNC(c1ccc(Cl)c(Cl)c1)C1CCCO1. The van der Waals surface area contributed by atoms with Crippen molar-refractivity contribution in [3.8, 4) is 0 Å². The first-order valence-corrected chi connectivity index (χ1v) is 6.00. The molecule has 3 nitrogen and oxygen atoms in total.